The first-order valence-electron chi connectivity index (χ1n) is 7.80. The molecule has 1 heterocycles. The molecule has 0 spiro atoms. The third kappa shape index (κ3) is 5.91. The van der Waals surface area contributed by atoms with E-state index in [1.807, 2.05) is 0 Å². The molecule has 25 heavy (non-hydrogen) atoms. The Morgan fingerprint density at radius 1 is 1.28 bits per heavy atom. The summed E-state index contributed by atoms with van der Waals surface area (Å²) >= 11 is 0. The van der Waals surface area contributed by atoms with Gasteiger partial charge in [0.25, 0.3) is 0 Å². The van der Waals surface area contributed by atoms with Gasteiger partial charge in [0.15, 0.2) is 6.29 Å². The zero-order valence-electron chi connectivity index (χ0n) is 13.3. The Morgan fingerprint density at radius 2 is 2.04 bits per heavy atom. The number of hydrogen-bond donors (Lipinski definition) is 1. The second-order valence-electron chi connectivity index (χ2n) is 5.56. The molecule has 10 heteroatoms. The molecule has 1 aromatic rings. The van der Waals surface area contributed by atoms with Crippen molar-refractivity contribution in [3.05, 3.63) is 29.6 Å². The number of halogens is 4. The van der Waals surface area contributed by atoms with E-state index in [1.165, 1.54) is 0 Å². The van der Waals surface area contributed by atoms with E-state index in [-0.39, 0.29) is 31.9 Å². The fourth-order valence-electron chi connectivity index (χ4n) is 2.37. The quantitative estimate of drug-likeness (QED) is 0.579. The number of alkyl halides is 3. The van der Waals surface area contributed by atoms with Crippen molar-refractivity contribution in [3.63, 3.8) is 0 Å². The minimum absolute atomic E-state index is 0.107. The van der Waals surface area contributed by atoms with Crippen molar-refractivity contribution in [1.82, 2.24) is 4.72 Å². The molecular weight excluding hydrogens is 366 g/mol. The Balaban J connectivity index is 1.91. The molecule has 0 radical (unpaired) electrons. The number of rotatable bonds is 7. The average Bonchev–Trinajstić information content (AvgIpc) is 2.54. The summed E-state index contributed by atoms with van der Waals surface area (Å²) in [6.07, 6.45) is -2.31. The molecule has 1 aromatic carbocycles. The van der Waals surface area contributed by atoms with Gasteiger partial charge in [-0.1, -0.05) is 0 Å². The van der Waals surface area contributed by atoms with Crippen LogP contribution in [0.4, 0.5) is 17.6 Å². The fourth-order valence-corrected chi connectivity index (χ4v) is 3.65. The molecular formula is C15H19F4NO4S. The molecule has 1 aliphatic heterocycles. The van der Waals surface area contributed by atoms with Gasteiger partial charge in [-0.15, -0.1) is 0 Å². The number of sulfonamides is 1. The van der Waals surface area contributed by atoms with Crippen LogP contribution in [0.3, 0.4) is 0 Å². The van der Waals surface area contributed by atoms with E-state index in [4.69, 9.17) is 9.47 Å². The number of ether oxygens (including phenoxy) is 2. The topological polar surface area (TPSA) is 64.6 Å². The highest BCUT2D eigenvalue weighted by Crippen LogP contribution is 2.34. The summed E-state index contributed by atoms with van der Waals surface area (Å²) in [6, 6.07) is 1.44. The number of hydrogen-bond acceptors (Lipinski definition) is 4. The van der Waals surface area contributed by atoms with Crippen LogP contribution in [0, 0.1) is 5.82 Å². The molecule has 0 aliphatic carbocycles. The van der Waals surface area contributed by atoms with Gasteiger partial charge in [0.1, 0.15) is 5.82 Å². The standard InChI is InChI=1S/C15H19F4NO4S/c16-11-5-6-13(12(10-11)15(17,18)19)25(21,22)20-7-3-9-24-14-4-1-2-8-23-14/h5-6,10,14,20H,1-4,7-9H2/t14-/m0/s1. The van der Waals surface area contributed by atoms with E-state index in [1.54, 1.807) is 0 Å². The monoisotopic (exact) mass is 385 g/mol. The molecule has 0 bridgehead atoms. The van der Waals surface area contributed by atoms with Gasteiger partial charge in [-0.3, -0.25) is 0 Å². The van der Waals surface area contributed by atoms with E-state index in [0.717, 1.165) is 19.3 Å². The zero-order valence-corrected chi connectivity index (χ0v) is 14.1. The number of benzene rings is 1. The van der Waals surface area contributed by atoms with Gasteiger partial charge >= 0.3 is 6.18 Å². The maximum absolute atomic E-state index is 13.1. The SMILES string of the molecule is O=S(=O)(NCCCO[C@H]1CCCCO1)c1ccc(F)cc1C(F)(F)F. The van der Waals surface area contributed by atoms with Crippen LogP contribution in [0.1, 0.15) is 31.2 Å². The average molecular weight is 385 g/mol. The smallest absolute Gasteiger partial charge is 0.353 e. The molecule has 1 aliphatic rings. The van der Waals surface area contributed by atoms with Gasteiger partial charge in [0.2, 0.25) is 10.0 Å². The fraction of sp³-hybridized carbons (Fsp3) is 0.600. The number of nitrogens with one attached hydrogen (secondary N) is 1. The largest absolute Gasteiger partial charge is 0.417 e. The minimum Gasteiger partial charge on any atom is -0.353 e. The van der Waals surface area contributed by atoms with Gasteiger partial charge in [-0.2, -0.15) is 13.2 Å². The first-order valence-corrected chi connectivity index (χ1v) is 9.28. The van der Waals surface area contributed by atoms with Crippen molar-refractivity contribution in [2.75, 3.05) is 19.8 Å². The predicted octanol–water partition coefficient (Wildman–Crippen LogP) is 3.06. The van der Waals surface area contributed by atoms with Crippen LogP contribution >= 0.6 is 0 Å². The van der Waals surface area contributed by atoms with Gasteiger partial charge in [0.05, 0.1) is 17.1 Å². The van der Waals surface area contributed by atoms with Crippen LogP contribution in [-0.4, -0.2) is 34.5 Å². The molecule has 0 aromatic heterocycles. The first-order chi connectivity index (χ1) is 11.7. The highest BCUT2D eigenvalue weighted by atomic mass is 32.2. The summed E-state index contributed by atoms with van der Waals surface area (Å²) in [5.74, 6) is -1.16. The lowest BCUT2D eigenvalue weighted by molar-refractivity contribution is -0.162. The van der Waals surface area contributed by atoms with E-state index in [0.29, 0.717) is 18.7 Å². The molecule has 142 valence electrons. The van der Waals surface area contributed by atoms with Crippen molar-refractivity contribution in [2.24, 2.45) is 0 Å². The van der Waals surface area contributed by atoms with Gasteiger partial charge in [-0.05, 0) is 43.9 Å². The highest BCUT2D eigenvalue weighted by Gasteiger charge is 2.37. The molecule has 1 atom stereocenters. The molecule has 0 unspecified atom stereocenters. The lowest BCUT2D eigenvalue weighted by atomic mass is 10.2. The van der Waals surface area contributed by atoms with E-state index < -0.39 is 32.5 Å². The second kappa shape index (κ2) is 8.43. The van der Waals surface area contributed by atoms with Crippen LogP contribution in [0.25, 0.3) is 0 Å². The molecule has 1 fully saturated rings. The Labute approximate surface area is 143 Å². The zero-order chi connectivity index (χ0) is 18.5. The Kier molecular flexibility index (Phi) is 6.78. The van der Waals surface area contributed by atoms with E-state index in [9.17, 15) is 26.0 Å². The molecule has 1 saturated heterocycles. The lowest BCUT2D eigenvalue weighted by Crippen LogP contribution is -2.29. The predicted molar refractivity (Wildman–Crippen MR) is 80.8 cm³/mol. The molecule has 1 N–H and O–H groups in total. The summed E-state index contributed by atoms with van der Waals surface area (Å²) in [5, 5.41) is 0. The Morgan fingerprint density at radius 3 is 2.68 bits per heavy atom. The van der Waals surface area contributed by atoms with E-state index in [2.05, 4.69) is 4.72 Å². The van der Waals surface area contributed by atoms with Crippen molar-refractivity contribution < 1.29 is 35.5 Å². The highest BCUT2D eigenvalue weighted by molar-refractivity contribution is 7.89. The maximum Gasteiger partial charge on any atom is 0.417 e. The molecule has 0 amide bonds. The summed E-state index contributed by atoms with van der Waals surface area (Å²) in [6.45, 7) is 0.717. The third-order valence-corrected chi connectivity index (χ3v) is 5.11. The van der Waals surface area contributed by atoms with Crippen LogP contribution in [0.5, 0.6) is 0 Å². The summed E-state index contributed by atoms with van der Waals surface area (Å²) in [7, 11) is -4.42. The Bertz CT molecular complexity index is 673. The van der Waals surface area contributed by atoms with Crippen molar-refractivity contribution >= 4 is 10.0 Å². The third-order valence-electron chi connectivity index (χ3n) is 3.59. The van der Waals surface area contributed by atoms with Gasteiger partial charge < -0.3 is 9.47 Å². The van der Waals surface area contributed by atoms with Crippen molar-refractivity contribution in [3.8, 4) is 0 Å². The van der Waals surface area contributed by atoms with E-state index >= 15 is 0 Å². The second-order valence-corrected chi connectivity index (χ2v) is 7.29. The summed E-state index contributed by atoms with van der Waals surface area (Å²) in [4.78, 5) is -1.00. The molecule has 5 nitrogen and oxygen atoms in total. The van der Waals surface area contributed by atoms with Crippen LogP contribution < -0.4 is 4.72 Å². The molecule has 0 saturated carbocycles. The van der Waals surface area contributed by atoms with Crippen molar-refractivity contribution in [1.29, 1.82) is 0 Å². The first kappa shape index (κ1) is 20.1. The van der Waals surface area contributed by atoms with Gasteiger partial charge in [0, 0.05) is 13.2 Å². The normalized spacial score (nSPS) is 19.1. The van der Waals surface area contributed by atoms with Crippen LogP contribution in [0.15, 0.2) is 23.1 Å². The van der Waals surface area contributed by atoms with Crippen LogP contribution in [-0.2, 0) is 25.7 Å². The van der Waals surface area contributed by atoms with Gasteiger partial charge in [-0.25, -0.2) is 17.5 Å². The lowest BCUT2D eigenvalue weighted by Gasteiger charge is -2.22. The summed E-state index contributed by atoms with van der Waals surface area (Å²) in [5.41, 5.74) is -1.54. The molecule has 2 rings (SSSR count). The van der Waals surface area contributed by atoms with Crippen molar-refractivity contribution in [2.45, 2.75) is 43.0 Å². The Hall–Kier alpha value is -1.23. The minimum atomic E-state index is -4.98. The van der Waals surface area contributed by atoms with Crippen LogP contribution in [0.2, 0.25) is 0 Å². The summed E-state index contributed by atoms with van der Waals surface area (Å²) < 4.78 is 88.8. The maximum atomic E-state index is 13.1.